The number of para-hydroxylation sites is 1. The SMILES string of the molecule is CC(=O)N1CCC[C@@H]1Cn1ccc2cc(C(=O)N3CCC(N4C(=O)OCc5ccccc54)CC3)ccc21. The van der Waals surface area contributed by atoms with Gasteiger partial charge in [0.25, 0.3) is 5.91 Å². The van der Waals surface area contributed by atoms with Crippen molar-refractivity contribution in [3.05, 3.63) is 65.9 Å². The van der Waals surface area contributed by atoms with Gasteiger partial charge in [0.15, 0.2) is 0 Å². The minimum absolute atomic E-state index is 0.0136. The molecular weight excluding hydrogens is 468 g/mol. The first-order valence-corrected chi connectivity index (χ1v) is 13.2. The Bertz CT molecular complexity index is 1360. The molecule has 2 aromatic carbocycles. The lowest BCUT2D eigenvalue weighted by atomic mass is 10.00. The number of ether oxygens (including phenoxy) is 1. The fourth-order valence-corrected chi connectivity index (χ4v) is 6.19. The summed E-state index contributed by atoms with van der Waals surface area (Å²) < 4.78 is 7.59. The molecule has 1 atom stereocenters. The van der Waals surface area contributed by atoms with Gasteiger partial charge in [0.1, 0.15) is 6.61 Å². The molecule has 3 aliphatic heterocycles. The van der Waals surface area contributed by atoms with Crippen molar-refractivity contribution in [1.29, 1.82) is 0 Å². The summed E-state index contributed by atoms with van der Waals surface area (Å²) in [5.41, 5.74) is 3.69. The van der Waals surface area contributed by atoms with Gasteiger partial charge in [0.2, 0.25) is 5.91 Å². The van der Waals surface area contributed by atoms with E-state index in [9.17, 15) is 14.4 Å². The van der Waals surface area contributed by atoms with Crippen molar-refractivity contribution in [3.8, 4) is 0 Å². The number of rotatable bonds is 4. The average Bonchev–Trinajstić information content (AvgIpc) is 3.55. The first kappa shape index (κ1) is 23.6. The Hall–Kier alpha value is -3.81. The maximum absolute atomic E-state index is 13.4. The summed E-state index contributed by atoms with van der Waals surface area (Å²) in [5.74, 6) is 0.158. The van der Waals surface area contributed by atoms with Crippen LogP contribution in [-0.4, -0.2) is 64.0 Å². The molecule has 3 amide bonds. The van der Waals surface area contributed by atoms with Crippen LogP contribution in [0.3, 0.4) is 0 Å². The Morgan fingerprint density at radius 2 is 1.81 bits per heavy atom. The van der Waals surface area contributed by atoms with Gasteiger partial charge in [0, 0.05) is 73.4 Å². The van der Waals surface area contributed by atoms with Crippen LogP contribution in [0.4, 0.5) is 10.5 Å². The van der Waals surface area contributed by atoms with Crippen LogP contribution in [0, 0.1) is 0 Å². The van der Waals surface area contributed by atoms with Gasteiger partial charge in [-0.15, -0.1) is 0 Å². The van der Waals surface area contributed by atoms with Gasteiger partial charge in [-0.25, -0.2) is 4.79 Å². The maximum Gasteiger partial charge on any atom is 0.414 e. The van der Waals surface area contributed by atoms with Crippen LogP contribution >= 0.6 is 0 Å². The number of carbonyl (C=O) groups excluding carboxylic acids is 3. The zero-order valence-corrected chi connectivity index (χ0v) is 21.1. The van der Waals surface area contributed by atoms with Crippen molar-refractivity contribution in [2.45, 2.75) is 57.8 Å². The number of aromatic nitrogens is 1. The van der Waals surface area contributed by atoms with E-state index in [1.54, 1.807) is 11.8 Å². The van der Waals surface area contributed by atoms with Crippen LogP contribution in [0.15, 0.2) is 54.7 Å². The quantitative estimate of drug-likeness (QED) is 0.532. The molecule has 0 bridgehead atoms. The van der Waals surface area contributed by atoms with E-state index in [2.05, 4.69) is 10.8 Å². The second-order valence-corrected chi connectivity index (χ2v) is 10.3. The zero-order valence-electron chi connectivity index (χ0n) is 21.1. The molecule has 3 aliphatic rings. The standard InChI is InChI=1S/C29H32N4O4/c1-20(34)32-13-4-6-25(32)18-31-14-10-21-17-22(8-9-26(21)31)28(35)30-15-11-24(12-16-30)33-27-7-3-2-5-23(27)19-37-29(33)36/h2-3,5,7-10,14,17,24-25H,4,6,11-13,15-16,18-19H2,1H3/t25-/m1/s1. The Morgan fingerprint density at radius 3 is 2.62 bits per heavy atom. The van der Waals surface area contributed by atoms with Crippen molar-refractivity contribution in [2.75, 3.05) is 24.5 Å². The predicted octanol–water partition coefficient (Wildman–Crippen LogP) is 4.41. The molecule has 0 N–H and O–H groups in total. The zero-order chi connectivity index (χ0) is 25.5. The van der Waals surface area contributed by atoms with Crippen molar-refractivity contribution in [3.63, 3.8) is 0 Å². The van der Waals surface area contributed by atoms with Crippen LogP contribution in [0.1, 0.15) is 48.5 Å². The summed E-state index contributed by atoms with van der Waals surface area (Å²) >= 11 is 0. The van der Waals surface area contributed by atoms with Crippen LogP contribution in [0.5, 0.6) is 0 Å². The second kappa shape index (κ2) is 9.57. The third-order valence-electron chi connectivity index (χ3n) is 8.12. The Morgan fingerprint density at radius 1 is 1.00 bits per heavy atom. The highest BCUT2D eigenvalue weighted by Gasteiger charge is 2.35. The molecule has 2 fully saturated rings. The Labute approximate surface area is 216 Å². The van der Waals surface area contributed by atoms with E-state index in [0.717, 1.165) is 48.1 Å². The molecule has 37 heavy (non-hydrogen) atoms. The summed E-state index contributed by atoms with van der Waals surface area (Å²) in [6.07, 6.45) is 5.24. The molecule has 0 saturated carbocycles. The number of benzene rings is 2. The van der Waals surface area contributed by atoms with E-state index in [0.29, 0.717) is 38.1 Å². The largest absolute Gasteiger partial charge is 0.444 e. The van der Waals surface area contributed by atoms with Crippen molar-refractivity contribution in [2.24, 2.45) is 0 Å². The Balaban J connectivity index is 1.13. The fraction of sp³-hybridized carbons (Fsp3) is 0.414. The van der Waals surface area contributed by atoms with E-state index in [1.165, 1.54) is 0 Å². The normalized spacial score (nSPS) is 20.3. The van der Waals surface area contributed by atoms with Crippen LogP contribution in [0.25, 0.3) is 10.9 Å². The number of hydrogen-bond acceptors (Lipinski definition) is 4. The van der Waals surface area contributed by atoms with E-state index in [4.69, 9.17) is 4.74 Å². The molecule has 0 aliphatic carbocycles. The predicted molar refractivity (Wildman–Crippen MR) is 140 cm³/mol. The highest BCUT2D eigenvalue weighted by atomic mass is 16.6. The molecule has 2 saturated heterocycles. The Kier molecular flexibility index (Phi) is 6.10. The van der Waals surface area contributed by atoms with Crippen molar-refractivity contribution < 1.29 is 19.1 Å². The minimum atomic E-state index is -0.303. The molecule has 3 aromatic rings. The third-order valence-corrected chi connectivity index (χ3v) is 8.12. The average molecular weight is 501 g/mol. The molecule has 6 rings (SSSR count). The van der Waals surface area contributed by atoms with Crippen LogP contribution in [-0.2, 0) is 22.7 Å². The first-order valence-electron chi connectivity index (χ1n) is 13.2. The van der Waals surface area contributed by atoms with Crippen LogP contribution < -0.4 is 4.90 Å². The summed E-state index contributed by atoms with van der Waals surface area (Å²) in [6, 6.07) is 16.0. The van der Waals surface area contributed by atoms with Gasteiger partial charge < -0.3 is 19.1 Å². The topological polar surface area (TPSA) is 75.1 Å². The monoisotopic (exact) mass is 500 g/mol. The van der Waals surface area contributed by atoms with E-state index < -0.39 is 0 Å². The van der Waals surface area contributed by atoms with Gasteiger partial charge in [-0.2, -0.15) is 0 Å². The number of likely N-dealkylation sites (tertiary alicyclic amines) is 2. The fourth-order valence-electron chi connectivity index (χ4n) is 6.19. The van der Waals surface area contributed by atoms with Gasteiger partial charge >= 0.3 is 6.09 Å². The second-order valence-electron chi connectivity index (χ2n) is 10.3. The molecule has 0 radical (unpaired) electrons. The molecule has 1 aromatic heterocycles. The van der Waals surface area contributed by atoms with Gasteiger partial charge in [-0.05, 0) is 56.0 Å². The number of cyclic esters (lactones) is 1. The number of carbonyl (C=O) groups is 3. The van der Waals surface area contributed by atoms with E-state index in [-0.39, 0.29) is 30.0 Å². The molecule has 0 spiro atoms. The number of amides is 3. The first-order chi connectivity index (χ1) is 18.0. The summed E-state index contributed by atoms with van der Waals surface area (Å²) in [7, 11) is 0. The maximum atomic E-state index is 13.4. The molecule has 192 valence electrons. The molecular formula is C29H32N4O4. The van der Waals surface area contributed by atoms with Gasteiger partial charge in [0.05, 0.1) is 5.69 Å². The lowest BCUT2D eigenvalue weighted by Gasteiger charge is -2.40. The third kappa shape index (κ3) is 4.34. The molecule has 8 heteroatoms. The van der Waals surface area contributed by atoms with E-state index in [1.807, 2.05) is 58.3 Å². The van der Waals surface area contributed by atoms with Gasteiger partial charge in [-0.1, -0.05) is 18.2 Å². The highest BCUT2D eigenvalue weighted by Crippen LogP contribution is 2.32. The number of fused-ring (bicyclic) bond motifs is 2. The van der Waals surface area contributed by atoms with Crippen LogP contribution in [0.2, 0.25) is 0 Å². The number of hydrogen-bond donors (Lipinski definition) is 0. The van der Waals surface area contributed by atoms with E-state index >= 15 is 0 Å². The summed E-state index contributed by atoms with van der Waals surface area (Å²) in [4.78, 5) is 43.5. The lowest BCUT2D eigenvalue weighted by molar-refractivity contribution is -0.129. The summed E-state index contributed by atoms with van der Waals surface area (Å²) in [5, 5.41) is 1.03. The molecule has 0 unspecified atom stereocenters. The van der Waals surface area contributed by atoms with Gasteiger partial charge in [-0.3, -0.25) is 14.5 Å². The molecule has 4 heterocycles. The smallest absolute Gasteiger partial charge is 0.414 e. The van der Waals surface area contributed by atoms with Crippen molar-refractivity contribution in [1.82, 2.24) is 14.4 Å². The molecule has 8 nitrogen and oxygen atoms in total. The minimum Gasteiger partial charge on any atom is -0.444 e. The van der Waals surface area contributed by atoms with Crippen molar-refractivity contribution >= 4 is 34.5 Å². The number of anilines is 1. The highest BCUT2D eigenvalue weighted by molar-refractivity contribution is 5.98. The number of piperidine rings is 1. The number of nitrogens with zero attached hydrogens (tertiary/aromatic N) is 4. The summed E-state index contributed by atoms with van der Waals surface area (Å²) in [6.45, 7) is 4.74. The lowest BCUT2D eigenvalue weighted by Crippen LogP contribution is -2.50.